The van der Waals surface area contributed by atoms with Crippen LogP contribution in [0, 0.1) is 17.8 Å². The summed E-state index contributed by atoms with van der Waals surface area (Å²) in [5.41, 5.74) is 9.55. The fourth-order valence-electron chi connectivity index (χ4n) is 3.75. The van der Waals surface area contributed by atoms with Crippen LogP contribution < -0.4 is 5.73 Å². The molecular weight excluding hydrogens is 134 g/mol. The van der Waals surface area contributed by atoms with E-state index in [0.29, 0.717) is 0 Å². The fraction of sp³-hybridized carbons (Fsp3) is 0.600. The van der Waals surface area contributed by atoms with Gasteiger partial charge in [-0.1, -0.05) is 12.2 Å². The molecule has 0 heterocycles. The molecule has 0 spiro atoms. The molecule has 0 aromatic rings. The number of nitrogens with two attached hydrogens (primary N) is 1. The quantitative estimate of drug-likeness (QED) is 0.545. The molecule has 0 aromatic carbocycles. The van der Waals surface area contributed by atoms with E-state index < -0.39 is 0 Å². The number of rotatable bonds is 0. The van der Waals surface area contributed by atoms with Gasteiger partial charge in [0.1, 0.15) is 0 Å². The minimum absolute atomic E-state index is 0.168. The summed E-state index contributed by atoms with van der Waals surface area (Å²) in [5.74, 6) is 2.51. The van der Waals surface area contributed by atoms with E-state index in [1.807, 2.05) is 0 Å². The summed E-state index contributed by atoms with van der Waals surface area (Å²) in [7, 11) is 0. The predicted molar refractivity (Wildman–Crippen MR) is 42.8 cm³/mol. The largest absolute Gasteiger partial charge is 0.321 e. The van der Waals surface area contributed by atoms with Crippen molar-refractivity contribution in [3.63, 3.8) is 0 Å². The first kappa shape index (κ1) is 5.15. The molecule has 56 valence electrons. The molecule has 2 saturated carbocycles. The molecule has 4 aliphatic rings. The normalized spacial score (nSPS) is 61.0. The van der Waals surface area contributed by atoms with E-state index in [1.54, 1.807) is 5.57 Å². The van der Waals surface area contributed by atoms with Crippen LogP contribution in [0.25, 0.3) is 0 Å². The van der Waals surface area contributed by atoms with Crippen molar-refractivity contribution in [1.82, 2.24) is 0 Å². The Kier molecular flexibility index (Phi) is 0.527. The minimum Gasteiger partial charge on any atom is -0.321 e. The van der Waals surface area contributed by atoms with E-state index in [2.05, 4.69) is 12.2 Å². The van der Waals surface area contributed by atoms with Gasteiger partial charge < -0.3 is 5.73 Å². The second-order valence-corrected chi connectivity index (χ2v) is 4.58. The third kappa shape index (κ3) is 0.320. The van der Waals surface area contributed by atoms with Gasteiger partial charge in [-0.2, -0.15) is 0 Å². The lowest BCUT2D eigenvalue weighted by molar-refractivity contribution is 0.0455. The smallest absolute Gasteiger partial charge is 0.0484 e. The van der Waals surface area contributed by atoms with Gasteiger partial charge in [0.05, 0.1) is 0 Å². The zero-order chi connectivity index (χ0) is 7.22. The Balaban J connectivity index is 2.05. The highest BCUT2D eigenvalue weighted by molar-refractivity contribution is 5.64. The maximum absolute atomic E-state index is 6.24. The van der Waals surface area contributed by atoms with Gasteiger partial charge in [-0.25, -0.2) is 0 Å². The number of fused-ring (bicyclic) bond motifs is 2. The van der Waals surface area contributed by atoms with Crippen LogP contribution in [0.15, 0.2) is 23.3 Å². The maximum atomic E-state index is 6.24. The second-order valence-electron chi connectivity index (χ2n) is 4.58. The Labute approximate surface area is 66.0 Å². The van der Waals surface area contributed by atoms with Crippen molar-refractivity contribution >= 4 is 0 Å². The molecule has 0 radical (unpaired) electrons. The molecule has 0 aliphatic heterocycles. The molecule has 1 nitrogen and oxygen atoms in total. The van der Waals surface area contributed by atoms with E-state index in [-0.39, 0.29) is 5.54 Å². The Morgan fingerprint density at radius 3 is 3.27 bits per heavy atom. The topological polar surface area (TPSA) is 26.0 Å². The zero-order valence-electron chi connectivity index (χ0n) is 6.38. The summed E-state index contributed by atoms with van der Waals surface area (Å²) < 4.78 is 0. The van der Waals surface area contributed by atoms with Gasteiger partial charge in [-0.05, 0) is 35.8 Å². The molecule has 4 atom stereocenters. The Bertz CT molecular complexity index is 326. The van der Waals surface area contributed by atoms with Gasteiger partial charge >= 0.3 is 0 Å². The predicted octanol–water partition coefficient (Wildman–Crippen LogP) is 1.22. The van der Waals surface area contributed by atoms with Crippen LogP contribution in [0.3, 0.4) is 0 Å². The molecule has 2 bridgehead atoms. The van der Waals surface area contributed by atoms with Crippen LogP contribution in [0.4, 0.5) is 0 Å². The van der Waals surface area contributed by atoms with Crippen LogP contribution in [-0.2, 0) is 0 Å². The highest BCUT2D eigenvalue weighted by Crippen LogP contribution is 2.69. The van der Waals surface area contributed by atoms with Gasteiger partial charge in [-0.3, -0.25) is 0 Å². The third-order valence-corrected chi connectivity index (χ3v) is 4.12. The number of hydrogen-bond donors (Lipinski definition) is 1. The van der Waals surface area contributed by atoms with Crippen molar-refractivity contribution in [2.24, 2.45) is 23.5 Å². The van der Waals surface area contributed by atoms with Crippen molar-refractivity contribution in [3.8, 4) is 0 Å². The lowest BCUT2D eigenvalue weighted by Gasteiger charge is -2.64. The highest BCUT2D eigenvalue weighted by Gasteiger charge is 2.67. The Hall–Kier alpha value is -0.560. The molecule has 0 saturated heterocycles. The molecule has 1 heteroatoms. The van der Waals surface area contributed by atoms with E-state index in [4.69, 9.17) is 5.73 Å². The summed E-state index contributed by atoms with van der Waals surface area (Å²) in [6.45, 7) is 0. The molecular formula is C10H11N. The Morgan fingerprint density at radius 2 is 2.36 bits per heavy atom. The van der Waals surface area contributed by atoms with Gasteiger partial charge in [0, 0.05) is 11.5 Å². The van der Waals surface area contributed by atoms with E-state index in [9.17, 15) is 0 Å². The van der Waals surface area contributed by atoms with Gasteiger partial charge in [0.2, 0.25) is 0 Å². The van der Waals surface area contributed by atoms with E-state index >= 15 is 0 Å². The van der Waals surface area contributed by atoms with Crippen LogP contribution in [0.2, 0.25) is 0 Å². The second kappa shape index (κ2) is 1.13. The van der Waals surface area contributed by atoms with Crippen molar-refractivity contribution in [3.05, 3.63) is 23.3 Å². The minimum atomic E-state index is 0.168. The van der Waals surface area contributed by atoms with Crippen LogP contribution >= 0.6 is 0 Å². The molecule has 3 unspecified atom stereocenters. The highest BCUT2D eigenvalue weighted by atomic mass is 14.9. The first-order valence-electron chi connectivity index (χ1n) is 4.52. The molecule has 11 heavy (non-hydrogen) atoms. The maximum Gasteiger partial charge on any atom is 0.0484 e. The van der Waals surface area contributed by atoms with Crippen LogP contribution in [0.1, 0.15) is 12.8 Å². The summed E-state index contributed by atoms with van der Waals surface area (Å²) in [6.07, 6.45) is 7.52. The van der Waals surface area contributed by atoms with Crippen molar-refractivity contribution in [2.45, 2.75) is 18.4 Å². The molecule has 0 amide bonds. The summed E-state index contributed by atoms with van der Waals surface area (Å²) >= 11 is 0. The molecule has 4 rings (SSSR count). The van der Waals surface area contributed by atoms with Crippen LogP contribution in [0.5, 0.6) is 0 Å². The summed E-state index contributed by atoms with van der Waals surface area (Å²) in [5, 5.41) is 0. The first-order chi connectivity index (χ1) is 5.29. The standard InChI is InChI=1S/C10H11N/c11-10-4-6-1-5-2-7(9(6)10)8(10)3-5/h2-3,5-6,9H,1,4,11H2/t5-,6?,9?,10?/m0/s1. The Morgan fingerprint density at radius 1 is 1.45 bits per heavy atom. The zero-order valence-corrected chi connectivity index (χ0v) is 6.38. The molecule has 4 aliphatic carbocycles. The van der Waals surface area contributed by atoms with Crippen molar-refractivity contribution < 1.29 is 0 Å². The third-order valence-electron chi connectivity index (χ3n) is 4.12. The summed E-state index contributed by atoms with van der Waals surface area (Å²) in [6, 6.07) is 0. The van der Waals surface area contributed by atoms with Crippen LogP contribution in [-0.4, -0.2) is 5.54 Å². The molecule has 0 aromatic heterocycles. The lowest BCUT2D eigenvalue weighted by Crippen LogP contribution is -2.69. The number of hydrogen-bond acceptors (Lipinski definition) is 1. The van der Waals surface area contributed by atoms with Gasteiger partial charge in [0.15, 0.2) is 0 Å². The summed E-state index contributed by atoms with van der Waals surface area (Å²) in [4.78, 5) is 0. The average Bonchev–Trinajstić information content (AvgIpc) is 2.08. The van der Waals surface area contributed by atoms with Gasteiger partial charge in [-0.15, -0.1) is 0 Å². The van der Waals surface area contributed by atoms with Gasteiger partial charge in [0.25, 0.3) is 0 Å². The van der Waals surface area contributed by atoms with E-state index in [1.165, 1.54) is 18.4 Å². The van der Waals surface area contributed by atoms with Crippen molar-refractivity contribution in [1.29, 1.82) is 0 Å². The van der Waals surface area contributed by atoms with E-state index in [0.717, 1.165) is 17.8 Å². The van der Waals surface area contributed by atoms with Crippen molar-refractivity contribution in [2.75, 3.05) is 0 Å². The number of allylic oxidation sites excluding steroid dienone is 2. The first-order valence-corrected chi connectivity index (χ1v) is 4.52. The molecule has 2 N–H and O–H groups in total. The lowest BCUT2D eigenvalue weighted by atomic mass is 9.43. The SMILES string of the molecule is NC12CC3C[C@H]4C=C(C1=C4)C32. The monoisotopic (exact) mass is 145 g/mol. The average molecular weight is 145 g/mol. The fourth-order valence-corrected chi connectivity index (χ4v) is 3.75. The molecule has 2 fully saturated rings.